The van der Waals surface area contributed by atoms with Crippen molar-refractivity contribution in [3.63, 3.8) is 0 Å². The van der Waals surface area contributed by atoms with E-state index in [0.717, 1.165) is 12.1 Å². The van der Waals surface area contributed by atoms with Crippen molar-refractivity contribution in [1.82, 2.24) is 0 Å². The third-order valence-electron chi connectivity index (χ3n) is 4.79. The summed E-state index contributed by atoms with van der Waals surface area (Å²) in [4.78, 5) is 11.7. The van der Waals surface area contributed by atoms with Crippen LogP contribution in [0.15, 0.2) is 24.3 Å². The Morgan fingerprint density at radius 2 is 1.50 bits per heavy atom. The summed E-state index contributed by atoms with van der Waals surface area (Å²) in [7, 11) is 0. The molecule has 2 heterocycles. The molecular weight excluding hydrogens is 328 g/mol. The summed E-state index contributed by atoms with van der Waals surface area (Å²) in [6, 6.07) is 3.21. The lowest BCUT2D eigenvalue weighted by molar-refractivity contribution is -0.137. The van der Waals surface area contributed by atoms with E-state index in [9.17, 15) is 18.0 Å². The first-order valence-corrected chi connectivity index (χ1v) is 7.47. The number of carbonyl (C=O) groups excluding carboxylic acids is 1. The molecule has 1 spiro atoms. The average Bonchev–Trinajstić information content (AvgIpc) is 2.81. The Labute approximate surface area is 137 Å². The highest BCUT2D eigenvalue weighted by molar-refractivity contribution is 6.65. The van der Waals surface area contributed by atoms with E-state index < -0.39 is 41.9 Å². The van der Waals surface area contributed by atoms with E-state index in [-0.39, 0.29) is 0 Å². The number of carbonyl (C=O) groups is 1. The van der Waals surface area contributed by atoms with Crippen molar-refractivity contribution in [2.24, 2.45) is 0 Å². The first-order valence-electron chi connectivity index (χ1n) is 7.47. The maximum atomic E-state index is 12.7. The zero-order valence-corrected chi connectivity index (χ0v) is 13.6. The zero-order valence-electron chi connectivity index (χ0n) is 13.6. The lowest BCUT2D eigenvalue weighted by Crippen LogP contribution is -2.45. The highest BCUT2D eigenvalue weighted by atomic mass is 19.4. The SMILES string of the molecule is CC1(C)O[B-]2(OC(=O)OC2c2ccc(C(F)(F)F)cc2)OC1(C)C. The van der Waals surface area contributed by atoms with Gasteiger partial charge in [-0.15, -0.1) is 0 Å². The van der Waals surface area contributed by atoms with Crippen LogP contribution in [0, 0.1) is 0 Å². The molecule has 2 fully saturated rings. The Morgan fingerprint density at radius 1 is 1.00 bits per heavy atom. The maximum Gasteiger partial charge on any atom is 0.484 e. The van der Waals surface area contributed by atoms with Crippen molar-refractivity contribution in [2.75, 3.05) is 0 Å². The molecule has 9 heteroatoms. The molecule has 1 atom stereocenters. The van der Waals surface area contributed by atoms with Gasteiger partial charge in [0.05, 0.1) is 5.56 Å². The molecule has 0 amide bonds. The van der Waals surface area contributed by atoms with E-state index in [1.807, 2.05) is 0 Å². The van der Waals surface area contributed by atoms with Gasteiger partial charge < -0.3 is 18.7 Å². The van der Waals surface area contributed by atoms with Gasteiger partial charge in [0.25, 0.3) is 0 Å². The first-order chi connectivity index (χ1) is 10.9. The van der Waals surface area contributed by atoms with Gasteiger partial charge in [0.1, 0.15) is 6.00 Å². The van der Waals surface area contributed by atoms with E-state index in [1.54, 1.807) is 27.7 Å². The lowest BCUT2D eigenvalue weighted by Gasteiger charge is -2.36. The fourth-order valence-corrected chi connectivity index (χ4v) is 2.88. The number of hydrogen-bond acceptors (Lipinski definition) is 5. The third-order valence-corrected chi connectivity index (χ3v) is 4.79. The largest absolute Gasteiger partial charge is 0.609 e. The molecule has 2 aliphatic heterocycles. The van der Waals surface area contributed by atoms with Crippen molar-refractivity contribution in [3.8, 4) is 0 Å². The molecule has 0 aliphatic carbocycles. The molecule has 0 saturated carbocycles. The Balaban J connectivity index is 1.97. The minimum atomic E-state index is -4.45. The van der Waals surface area contributed by atoms with Crippen LogP contribution in [0.5, 0.6) is 0 Å². The summed E-state index contributed by atoms with van der Waals surface area (Å²) in [6.45, 7) is 4.49. The van der Waals surface area contributed by atoms with Gasteiger partial charge in [-0.1, -0.05) is 12.1 Å². The molecule has 0 bridgehead atoms. The van der Waals surface area contributed by atoms with Gasteiger partial charge in [0.2, 0.25) is 0 Å². The smallest absolute Gasteiger partial charge is 0.484 e. The Morgan fingerprint density at radius 3 is 1.96 bits per heavy atom. The van der Waals surface area contributed by atoms with E-state index in [0.29, 0.717) is 5.56 Å². The summed E-state index contributed by atoms with van der Waals surface area (Å²) >= 11 is 0. The Kier molecular flexibility index (Phi) is 3.48. The van der Waals surface area contributed by atoms with E-state index in [1.165, 1.54) is 12.1 Å². The van der Waals surface area contributed by atoms with Gasteiger partial charge in [-0.25, -0.2) is 4.79 Å². The summed E-state index contributed by atoms with van der Waals surface area (Å²) in [5.74, 6) is 0. The summed E-state index contributed by atoms with van der Waals surface area (Å²) in [5, 5.41) is 0. The molecule has 24 heavy (non-hydrogen) atoms. The predicted octanol–water partition coefficient (Wildman–Crippen LogP) is 4.00. The average molecular weight is 345 g/mol. The van der Waals surface area contributed by atoms with Gasteiger partial charge in [0.15, 0.2) is 0 Å². The van der Waals surface area contributed by atoms with Crippen LogP contribution in [-0.2, 0) is 24.9 Å². The number of benzene rings is 1. The number of alkyl halides is 3. The quantitative estimate of drug-likeness (QED) is 0.569. The molecule has 2 aliphatic rings. The number of cyclic esters (lactones) is 1. The van der Waals surface area contributed by atoms with Gasteiger partial charge >= 0.3 is 19.1 Å². The molecule has 0 aromatic heterocycles. The number of hydrogen-bond donors (Lipinski definition) is 0. The highest BCUT2D eigenvalue weighted by Gasteiger charge is 2.63. The summed E-state index contributed by atoms with van der Waals surface area (Å²) < 4.78 is 60.2. The van der Waals surface area contributed by atoms with Crippen LogP contribution in [0.25, 0.3) is 0 Å². The molecule has 5 nitrogen and oxygen atoms in total. The van der Waals surface area contributed by atoms with Crippen LogP contribution >= 0.6 is 0 Å². The molecule has 1 aromatic carbocycles. The molecule has 1 aromatic rings. The van der Waals surface area contributed by atoms with Gasteiger partial charge in [-0.05, 0) is 45.4 Å². The second kappa shape index (κ2) is 4.89. The topological polar surface area (TPSA) is 54.0 Å². The molecule has 3 rings (SSSR count). The van der Waals surface area contributed by atoms with Crippen molar-refractivity contribution < 1.29 is 36.7 Å². The van der Waals surface area contributed by atoms with Crippen LogP contribution < -0.4 is 0 Å². The maximum absolute atomic E-state index is 12.7. The van der Waals surface area contributed by atoms with Crippen molar-refractivity contribution in [2.45, 2.75) is 51.1 Å². The fraction of sp³-hybridized carbons (Fsp3) is 0.533. The summed E-state index contributed by atoms with van der Waals surface area (Å²) in [5.41, 5.74) is -2.06. The second-order valence-corrected chi connectivity index (χ2v) is 6.98. The van der Waals surface area contributed by atoms with Crippen LogP contribution in [0.1, 0.15) is 44.8 Å². The Bertz CT molecular complexity index is 653. The molecule has 2 saturated heterocycles. The normalized spacial score (nSPS) is 27.1. The minimum absolute atomic E-state index is 0.308. The zero-order chi connectivity index (χ0) is 18.0. The van der Waals surface area contributed by atoms with E-state index in [4.69, 9.17) is 18.7 Å². The summed E-state index contributed by atoms with van der Waals surface area (Å²) in [6.07, 6.45) is -5.43. The van der Waals surface area contributed by atoms with Crippen molar-refractivity contribution in [1.29, 1.82) is 0 Å². The number of halogens is 3. The lowest BCUT2D eigenvalue weighted by atomic mass is 9.68. The number of ether oxygens (including phenoxy) is 1. The minimum Gasteiger partial charge on any atom is -0.609 e. The molecule has 0 radical (unpaired) electrons. The Hall–Kier alpha value is -1.74. The van der Waals surface area contributed by atoms with Crippen molar-refractivity contribution in [3.05, 3.63) is 35.4 Å². The molecule has 0 N–H and O–H groups in total. The van der Waals surface area contributed by atoms with Gasteiger partial charge in [-0.2, -0.15) is 13.2 Å². The standard InChI is InChI=1S/C15H17BF3O5/c1-13(2)14(3,4)24-16(23-13)11(21-12(20)22-16)9-5-7-10(8-6-9)15(17,18)19/h5-8,11H,1-4H3/q-1. The van der Waals surface area contributed by atoms with Crippen LogP contribution in [-0.4, -0.2) is 24.1 Å². The third kappa shape index (κ3) is 2.55. The molecular formula is C15H17BF3O5-. The van der Waals surface area contributed by atoms with E-state index in [2.05, 4.69) is 0 Å². The van der Waals surface area contributed by atoms with Crippen molar-refractivity contribution >= 4 is 12.9 Å². The predicted molar refractivity (Wildman–Crippen MR) is 77.8 cm³/mol. The highest BCUT2D eigenvalue weighted by Crippen LogP contribution is 2.50. The number of rotatable bonds is 1. The fourth-order valence-electron chi connectivity index (χ4n) is 2.88. The van der Waals surface area contributed by atoms with Gasteiger partial charge in [0, 0.05) is 11.2 Å². The van der Waals surface area contributed by atoms with Gasteiger partial charge in [-0.3, -0.25) is 0 Å². The van der Waals surface area contributed by atoms with Crippen LogP contribution in [0.4, 0.5) is 18.0 Å². The first kappa shape index (κ1) is 17.1. The monoisotopic (exact) mass is 345 g/mol. The second-order valence-electron chi connectivity index (χ2n) is 6.98. The van der Waals surface area contributed by atoms with Crippen LogP contribution in [0.2, 0.25) is 0 Å². The van der Waals surface area contributed by atoms with E-state index >= 15 is 0 Å². The molecule has 132 valence electrons. The van der Waals surface area contributed by atoms with Crippen LogP contribution in [0.3, 0.4) is 0 Å². The molecule has 1 unspecified atom stereocenters.